The molecule has 6 nitrogen and oxygen atoms in total. The zero-order valence-electron chi connectivity index (χ0n) is 12.3. The second kappa shape index (κ2) is 6.33. The van der Waals surface area contributed by atoms with E-state index in [1.54, 1.807) is 4.90 Å². The summed E-state index contributed by atoms with van der Waals surface area (Å²) in [5, 5.41) is 8.96. The maximum absolute atomic E-state index is 12.6. The number of halogens is 2. The van der Waals surface area contributed by atoms with E-state index in [-0.39, 0.29) is 10.9 Å². The van der Waals surface area contributed by atoms with Crippen LogP contribution in [-0.2, 0) is 4.79 Å². The minimum Gasteiger partial charge on any atom is -0.371 e. The van der Waals surface area contributed by atoms with Crippen LogP contribution in [-0.4, -0.2) is 28.7 Å². The fraction of sp³-hybridized carbons (Fsp3) is 0.267. The number of carbonyl (C=O) groups is 1. The third-order valence-electron chi connectivity index (χ3n) is 3.78. The summed E-state index contributed by atoms with van der Waals surface area (Å²) < 4.78 is 1.00. The van der Waals surface area contributed by atoms with Gasteiger partial charge in [-0.1, -0.05) is 27.5 Å². The van der Waals surface area contributed by atoms with E-state index in [2.05, 4.69) is 31.4 Å². The van der Waals surface area contributed by atoms with Gasteiger partial charge >= 0.3 is 0 Å². The molecular formula is C15H14BrClN4O2. The smallest absolute Gasteiger partial charge is 0.285 e. The van der Waals surface area contributed by atoms with Gasteiger partial charge in [-0.2, -0.15) is 5.10 Å². The van der Waals surface area contributed by atoms with Crippen molar-refractivity contribution in [1.82, 2.24) is 10.2 Å². The van der Waals surface area contributed by atoms with Gasteiger partial charge in [0, 0.05) is 16.7 Å². The monoisotopic (exact) mass is 396 g/mol. The van der Waals surface area contributed by atoms with Crippen LogP contribution < -0.4 is 15.8 Å². The molecule has 2 heterocycles. The molecule has 1 aliphatic rings. The van der Waals surface area contributed by atoms with Crippen molar-refractivity contribution < 1.29 is 4.79 Å². The van der Waals surface area contributed by atoms with E-state index < -0.39 is 11.6 Å². The zero-order valence-corrected chi connectivity index (χ0v) is 14.6. The number of H-pyrrole nitrogens is 1. The van der Waals surface area contributed by atoms with E-state index in [1.807, 2.05) is 25.1 Å². The number of aryl methyl sites for hydroxylation is 1. The minimum absolute atomic E-state index is 0.00531. The van der Waals surface area contributed by atoms with Gasteiger partial charge in [-0.15, -0.1) is 0 Å². The first-order valence-electron chi connectivity index (χ1n) is 7.04. The fourth-order valence-corrected chi connectivity index (χ4v) is 2.93. The van der Waals surface area contributed by atoms with Crippen molar-refractivity contribution in [3.05, 3.63) is 49.8 Å². The number of amides is 1. The molecule has 1 atom stereocenters. The molecule has 0 aliphatic carbocycles. The zero-order chi connectivity index (χ0) is 16.6. The predicted molar refractivity (Wildman–Crippen MR) is 93.1 cm³/mol. The van der Waals surface area contributed by atoms with Gasteiger partial charge in [-0.05, 0) is 37.1 Å². The molecule has 0 bridgehead atoms. The number of hydrogen-bond acceptors (Lipinski definition) is 4. The molecule has 8 heteroatoms. The molecule has 1 unspecified atom stereocenters. The normalized spacial score (nSPS) is 17.6. The second-order valence-electron chi connectivity index (χ2n) is 5.34. The average Bonchev–Trinajstić information content (AvgIpc) is 2.88. The van der Waals surface area contributed by atoms with Crippen molar-refractivity contribution >= 4 is 44.8 Å². The second-order valence-corrected chi connectivity index (χ2v) is 6.57. The number of nitrogens with one attached hydrogen (secondary N) is 2. The van der Waals surface area contributed by atoms with Gasteiger partial charge in [-0.3, -0.25) is 9.59 Å². The molecule has 1 amide bonds. The lowest BCUT2D eigenvalue weighted by molar-refractivity contribution is -0.117. The van der Waals surface area contributed by atoms with Gasteiger partial charge in [0.05, 0.1) is 11.9 Å². The SMILES string of the molecule is Cc1cc(N2CCC(Nc3cn[nH]c(=O)c3Cl)C2=O)ccc1Br. The molecular weight excluding hydrogens is 384 g/mol. The van der Waals surface area contributed by atoms with Crippen LogP contribution in [0.3, 0.4) is 0 Å². The Kier molecular flexibility index (Phi) is 4.41. The first-order chi connectivity index (χ1) is 11.0. The highest BCUT2D eigenvalue weighted by molar-refractivity contribution is 9.10. The van der Waals surface area contributed by atoms with Crippen LogP contribution in [0.5, 0.6) is 0 Å². The van der Waals surface area contributed by atoms with Crippen LogP contribution in [0.25, 0.3) is 0 Å². The molecule has 0 saturated carbocycles. The van der Waals surface area contributed by atoms with Gasteiger partial charge in [0.25, 0.3) is 5.56 Å². The Morgan fingerprint density at radius 3 is 2.96 bits per heavy atom. The van der Waals surface area contributed by atoms with Crippen LogP contribution in [0.15, 0.2) is 33.7 Å². The summed E-state index contributed by atoms with van der Waals surface area (Å²) in [6.07, 6.45) is 2.03. The molecule has 3 rings (SSSR count). The van der Waals surface area contributed by atoms with Crippen LogP contribution in [0, 0.1) is 6.92 Å². The molecule has 0 radical (unpaired) electrons. The summed E-state index contributed by atoms with van der Waals surface area (Å²) in [6, 6.07) is 5.36. The van der Waals surface area contributed by atoms with Crippen molar-refractivity contribution in [2.45, 2.75) is 19.4 Å². The van der Waals surface area contributed by atoms with Gasteiger partial charge in [0.15, 0.2) is 0 Å². The fourth-order valence-electron chi connectivity index (χ4n) is 2.54. The topological polar surface area (TPSA) is 78.1 Å². The van der Waals surface area contributed by atoms with Crippen LogP contribution >= 0.6 is 27.5 Å². The standard InChI is InChI=1S/C15H14BrClN4O2/c1-8-6-9(2-3-10(8)16)21-5-4-11(15(21)23)19-12-7-18-20-14(22)13(12)17/h2-3,6-7,11H,4-5H2,1H3,(H2,19,20,22). The first kappa shape index (κ1) is 16.0. The minimum atomic E-state index is -0.484. The van der Waals surface area contributed by atoms with Gasteiger partial charge in [-0.25, -0.2) is 5.10 Å². The highest BCUT2D eigenvalue weighted by Crippen LogP contribution is 2.28. The van der Waals surface area contributed by atoms with Crippen molar-refractivity contribution in [2.75, 3.05) is 16.8 Å². The lowest BCUT2D eigenvalue weighted by atomic mass is 10.2. The van der Waals surface area contributed by atoms with Crippen molar-refractivity contribution in [2.24, 2.45) is 0 Å². The number of hydrogen-bond donors (Lipinski definition) is 2. The Morgan fingerprint density at radius 1 is 1.43 bits per heavy atom. The Morgan fingerprint density at radius 2 is 2.22 bits per heavy atom. The molecule has 1 fully saturated rings. The first-order valence-corrected chi connectivity index (χ1v) is 8.21. The highest BCUT2D eigenvalue weighted by Gasteiger charge is 2.33. The highest BCUT2D eigenvalue weighted by atomic mass is 79.9. The number of carbonyl (C=O) groups excluding carboxylic acids is 1. The largest absolute Gasteiger partial charge is 0.371 e. The van der Waals surface area contributed by atoms with Crippen molar-refractivity contribution in [1.29, 1.82) is 0 Å². The number of aromatic amines is 1. The van der Waals surface area contributed by atoms with Gasteiger partial charge in [0.1, 0.15) is 11.1 Å². The van der Waals surface area contributed by atoms with E-state index in [1.165, 1.54) is 6.20 Å². The number of anilines is 2. The van der Waals surface area contributed by atoms with E-state index in [9.17, 15) is 9.59 Å². The lowest BCUT2D eigenvalue weighted by Gasteiger charge is -2.18. The van der Waals surface area contributed by atoms with Crippen LogP contribution in [0.1, 0.15) is 12.0 Å². The third kappa shape index (κ3) is 3.11. The summed E-state index contributed by atoms with van der Waals surface area (Å²) in [4.78, 5) is 25.8. The molecule has 1 aromatic heterocycles. The molecule has 120 valence electrons. The van der Waals surface area contributed by atoms with E-state index in [4.69, 9.17) is 11.6 Å². The molecule has 2 N–H and O–H groups in total. The molecule has 0 spiro atoms. The maximum Gasteiger partial charge on any atom is 0.285 e. The van der Waals surface area contributed by atoms with Gasteiger partial charge in [0.2, 0.25) is 5.91 Å². The third-order valence-corrected chi connectivity index (χ3v) is 5.05. The number of benzene rings is 1. The molecule has 1 saturated heterocycles. The van der Waals surface area contributed by atoms with Crippen LogP contribution in [0.2, 0.25) is 5.02 Å². The average molecular weight is 398 g/mol. The number of nitrogens with zero attached hydrogens (tertiary/aromatic N) is 2. The van der Waals surface area contributed by atoms with Crippen molar-refractivity contribution in [3.63, 3.8) is 0 Å². The van der Waals surface area contributed by atoms with Crippen LogP contribution in [0.4, 0.5) is 11.4 Å². The Bertz CT molecular complexity index is 823. The van der Waals surface area contributed by atoms with Gasteiger partial charge < -0.3 is 10.2 Å². The Labute approximate surface area is 146 Å². The molecule has 23 heavy (non-hydrogen) atoms. The summed E-state index contributed by atoms with van der Waals surface area (Å²) in [6.45, 7) is 2.58. The number of rotatable bonds is 3. The molecule has 1 aliphatic heterocycles. The predicted octanol–water partition coefficient (Wildman–Crippen LogP) is 2.71. The summed E-state index contributed by atoms with van der Waals surface area (Å²) in [5.74, 6) is -0.0527. The van der Waals surface area contributed by atoms with Crippen molar-refractivity contribution in [3.8, 4) is 0 Å². The van der Waals surface area contributed by atoms with E-state index in [0.717, 1.165) is 15.7 Å². The Balaban J connectivity index is 1.80. The van der Waals surface area contributed by atoms with E-state index in [0.29, 0.717) is 18.7 Å². The lowest BCUT2D eigenvalue weighted by Crippen LogP contribution is -2.34. The summed E-state index contributed by atoms with van der Waals surface area (Å²) >= 11 is 9.39. The summed E-state index contributed by atoms with van der Waals surface area (Å²) in [7, 11) is 0. The summed E-state index contributed by atoms with van der Waals surface area (Å²) in [5.41, 5.74) is 1.80. The molecule has 1 aromatic carbocycles. The quantitative estimate of drug-likeness (QED) is 0.835. The number of aromatic nitrogens is 2. The van der Waals surface area contributed by atoms with E-state index >= 15 is 0 Å². The Hall–Kier alpha value is -1.86. The maximum atomic E-state index is 12.6. The molecule has 2 aromatic rings.